The molecule has 1 N–H and O–H groups in total. The predicted molar refractivity (Wildman–Crippen MR) is 89.8 cm³/mol. The third-order valence-electron chi connectivity index (χ3n) is 4.98. The van der Waals surface area contributed by atoms with E-state index in [4.69, 9.17) is 4.98 Å². The molecule has 1 saturated carbocycles. The molecule has 1 fully saturated rings. The third kappa shape index (κ3) is 3.33. The fourth-order valence-electron chi connectivity index (χ4n) is 3.32. The lowest BCUT2D eigenvalue weighted by molar-refractivity contribution is -0.127. The summed E-state index contributed by atoms with van der Waals surface area (Å²) in [4.78, 5) is 23.2. The molecular formula is C18H23N5O. The van der Waals surface area contributed by atoms with Crippen LogP contribution in [0.1, 0.15) is 36.3 Å². The van der Waals surface area contributed by atoms with Crippen molar-refractivity contribution in [2.45, 2.75) is 45.4 Å². The van der Waals surface area contributed by atoms with E-state index < -0.39 is 0 Å². The zero-order valence-electron chi connectivity index (χ0n) is 13.8. The Morgan fingerprint density at radius 2 is 2.25 bits per heavy atom. The van der Waals surface area contributed by atoms with Crippen LogP contribution in [0.15, 0.2) is 30.7 Å². The number of fused-ring (bicyclic) bond motifs is 1. The molecule has 0 spiro atoms. The molecule has 2 aromatic rings. The Kier molecular flexibility index (Phi) is 4.30. The summed E-state index contributed by atoms with van der Waals surface area (Å²) in [6.45, 7) is 4.23. The molecule has 3 heterocycles. The van der Waals surface area contributed by atoms with Gasteiger partial charge < -0.3 is 9.88 Å². The molecule has 1 amide bonds. The largest absolute Gasteiger partial charge is 0.350 e. The molecular weight excluding hydrogens is 302 g/mol. The van der Waals surface area contributed by atoms with Crippen molar-refractivity contribution in [3.63, 3.8) is 0 Å². The molecule has 0 unspecified atom stereocenters. The summed E-state index contributed by atoms with van der Waals surface area (Å²) in [6, 6.07) is 4.08. The van der Waals surface area contributed by atoms with Crippen LogP contribution >= 0.6 is 0 Å². The van der Waals surface area contributed by atoms with Crippen molar-refractivity contribution in [1.29, 1.82) is 0 Å². The number of hydrogen-bond acceptors (Lipinski definition) is 4. The molecule has 0 radical (unpaired) electrons. The van der Waals surface area contributed by atoms with Crippen LogP contribution in [-0.2, 0) is 31.0 Å². The highest BCUT2D eigenvalue weighted by atomic mass is 16.1. The molecule has 126 valence electrons. The van der Waals surface area contributed by atoms with Crippen LogP contribution in [0.3, 0.4) is 0 Å². The second-order valence-corrected chi connectivity index (χ2v) is 6.76. The van der Waals surface area contributed by atoms with E-state index in [1.807, 2.05) is 12.3 Å². The van der Waals surface area contributed by atoms with E-state index in [1.54, 1.807) is 6.20 Å². The summed E-state index contributed by atoms with van der Waals surface area (Å²) in [5.41, 5.74) is 2.19. The van der Waals surface area contributed by atoms with Crippen molar-refractivity contribution in [3.05, 3.63) is 47.8 Å². The van der Waals surface area contributed by atoms with Crippen LogP contribution in [0.25, 0.3) is 0 Å². The Morgan fingerprint density at radius 1 is 1.33 bits per heavy atom. The Labute approximate surface area is 141 Å². The number of nitrogens with one attached hydrogen (secondary N) is 1. The zero-order valence-corrected chi connectivity index (χ0v) is 13.8. The van der Waals surface area contributed by atoms with Gasteiger partial charge in [-0.15, -0.1) is 0 Å². The standard InChI is InChI=1S/C18H23N5O/c24-18(15-4-1-5-15)20-10-16-12-23-8-7-22(13-17(23)21-16)11-14-3-2-6-19-9-14/h2-3,6,9,12,15H,1,4-5,7-8,10-11,13H2,(H,20,24). The minimum absolute atomic E-state index is 0.186. The molecule has 0 saturated heterocycles. The number of carbonyl (C=O) groups is 1. The van der Waals surface area contributed by atoms with Crippen molar-refractivity contribution in [3.8, 4) is 0 Å². The number of rotatable bonds is 5. The number of pyridine rings is 1. The molecule has 6 nitrogen and oxygen atoms in total. The first-order valence-corrected chi connectivity index (χ1v) is 8.72. The maximum atomic E-state index is 11.9. The molecule has 0 aromatic carbocycles. The summed E-state index contributed by atoms with van der Waals surface area (Å²) in [5, 5.41) is 3.02. The molecule has 2 aliphatic rings. The normalized spacial score (nSPS) is 18.0. The van der Waals surface area contributed by atoms with Crippen LogP contribution < -0.4 is 5.32 Å². The molecule has 4 rings (SSSR count). The summed E-state index contributed by atoms with van der Waals surface area (Å²) < 4.78 is 2.21. The van der Waals surface area contributed by atoms with E-state index in [9.17, 15) is 4.79 Å². The van der Waals surface area contributed by atoms with E-state index in [1.165, 1.54) is 12.0 Å². The Balaban J connectivity index is 1.34. The lowest BCUT2D eigenvalue weighted by Crippen LogP contribution is -2.34. The Morgan fingerprint density at radius 3 is 3.00 bits per heavy atom. The van der Waals surface area contributed by atoms with Gasteiger partial charge >= 0.3 is 0 Å². The van der Waals surface area contributed by atoms with Gasteiger partial charge in [0.15, 0.2) is 0 Å². The minimum atomic E-state index is 0.186. The summed E-state index contributed by atoms with van der Waals surface area (Å²) in [7, 11) is 0. The number of amides is 1. The first-order valence-electron chi connectivity index (χ1n) is 8.72. The van der Waals surface area contributed by atoms with Crippen molar-refractivity contribution in [2.75, 3.05) is 6.54 Å². The molecule has 24 heavy (non-hydrogen) atoms. The van der Waals surface area contributed by atoms with Crippen LogP contribution in [0.5, 0.6) is 0 Å². The lowest BCUT2D eigenvalue weighted by Gasteiger charge is -2.27. The first kappa shape index (κ1) is 15.3. The highest BCUT2D eigenvalue weighted by molar-refractivity contribution is 5.79. The minimum Gasteiger partial charge on any atom is -0.350 e. The van der Waals surface area contributed by atoms with Crippen molar-refractivity contribution in [2.24, 2.45) is 5.92 Å². The fraction of sp³-hybridized carbons (Fsp3) is 0.500. The SMILES string of the molecule is O=C(NCc1cn2c(n1)CN(Cc1cccnc1)CC2)C1CCC1. The van der Waals surface area contributed by atoms with E-state index in [2.05, 4.69) is 32.0 Å². The quantitative estimate of drug-likeness (QED) is 0.909. The number of imidazole rings is 1. The number of carbonyl (C=O) groups excluding carboxylic acids is 1. The Hall–Kier alpha value is -2.21. The van der Waals surface area contributed by atoms with Gasteiger partial charge in [-0.2, -0.15) is 0 Å². The van der Waals surface area contributed by atoms with Gasteiger partial charge in [0.2, 0.25) is 5.91 Å². The number of nitrogens with zero attached hydrogens (tertiary/aromatic N) is 4. The number of hydrogen-bond donors (Lipinski definition) is 1. The van der Waals surface area contributed by atoms with Gasteiger partial charge in [0.1, 0.15) is 5.82 Å². The lowest BCUT2D eigenvalue weighted by atomic mass is 9.85. The topological polar surface area (TPSA) is 63.1 Å². The van der Waals surface area contributed by atoms with Gasteiger partial charge in [-0.05, 0) is 24.5 Å². The molecule has 0 atom stereocenters. The van der Waals surface area contributed by atoms with Gasteiger partial charge in [-0.3, -0.25) is 14.7 Å². The van der Waals surface area contributed by atoms with Crippen molar-refractivity contribution >= 4 is 5.91 Å². The highest BCUT2D eigenvalue weighted by Crippen LogP contribution is 2.26. The molecule has 1 aliphatic heterocycles. The van der Waals surface area contributed by atoms with Gasteiger partial charge in [-0.1, -0.05) is 12.5 Å². The second kappa shape index (κ2) is 6.73. The van der Waals surface area contributed by atoms with Crippen molar-refractivity contribution in [1.82, 2.24) is 24.8 Å². The van der Waals surface area contributed by atoms with Gasteiger partial charge in [0.25, 0.3) is 0 Å². The average Bonchev–Trinajstić information content (AvgIpc) is 2.94. The van der Waals surface area contributed by atoms with E-state index in [0.717, 1.165) is 50.5 Å². The molecule has 2 aromatic heterocycles. The van der Waals surface area contributed by atoms with Crippen molar-refractivity contribution < 1.29 is 4.79 Å². The Bertz CT molecular complexity index is 707. The summed E-state index contributed by atoms with van der Waals surface area (Å²) >= 11 is 0. The molecule has 6 heteroatoms. The monoisotopic (exact) mass is 325 g/mol. The van der Waals surface area contributed by atoms with Crippen LogP contribution in [0.4, 0.5) is 0 Å². The van der Waals surface area contributed by atoms with E-state index in [0.29, 0.717) is 6.54 Å². The molecule has 0 bridgehead atoms. The predicted octanol–water partition coefficient (Wildman–Crippen LogP) is 1.71. The first-order chi connectivity index (χ1) is 11.8. The third-order valence-corrected chi connectivity index (χ3v) is 4.98. The van der Waals surface area contributed by atoms with E-state index >= 15 is 0 Å². The fourth-order valence-corrected chi connectivity index (χ4v) is 3.32. The van der Waals surface area contributed by atoms with Gasteiger partial charge in [-0.25, -0.2) is 4.98 Å². The number of aromatic nitrogens is 3. The van der Waals surface area contributed by atoms with Crippen LogP contribution in [-0.4, -0.2) is 31.9 Å². The van der Waals surface area contributed by atoms with Crippen LogP contribution in [0.2, 0.25) is 0 Å². The summed E-state index contributed by atoms with van der Waals surface area (Å²) in [5.74, 6) is 1.50. The average molecular weight is 325 g/mol. The highest BCUT2D eigenvalue weighted by Gasteiger charge is 2.25. The molecule has 1 aliphatic carbocycles. The van der Waals surface area contributed by atoms with E-state index in [-0.39, 0.29) is 11.8 Å². The summed E-state index contributed by atoms with van der Waals surface area (Å²) in [6.07, 6.45) is 9.06. The van der Waals surface area contributed by atoms with Gasteiger partial charge in [0.05, 0.1) is 18.8 Å². The zero-order chi connectivity index (χ0) is 16.4. The smallest absolute Gasteiger partial charge is 0.223 e. The second-order valence-electron chi connectivity index (χ2n) is 6.76. The maximum Gasteiger partial charge on any atom is 0.223 e. The van der Waals surface area contributed by atoms with Crippen LogP contribution in [0, 0.1) is 5.92 Å². The van der Waals surface area contributed by atoms with Gasteiger partial charge in [0, 0.05) is 44.1 Å². The maximum absolute atomic E-state index is 11.9.